The SMILES string of the molecule is CC=Cc1cnc2c(NC(=O)c3c(Cl)cccc3Cl)cccc2c1-n1ccnc1.Cl. The summed E-state index contributed by atoms with van der Waals surface area (Å²) in [5.74, 6) is -0.392. The maximum atomic E-state index is 12.8. The molecule has 152 valence electrons. The van der Waals surface area contributed by atoms with Gasteiger partial charge in [0.1, 0.15) is 0 Å². The van der Waals surface area contributed by atoms with Gasteiger partial charge in [-0.25, -0.2) is 4.98 Å². The lowest BCUT2D eigenvalue weighted by Crippen LogP contribution is -2.14. The number of aromatic nitrogens is 3. The molecule has 2 heterocycles. The predicted molar refractivity (Wildman–Crippen MR) is 125 cm³/mol. The Kier molecular flexibility index (Phi) is 6.77. The van der Waals surface area contributed by atoms with E-state index < -0.39 is 5.91 Å². The fourth-order valence-corrected chi connectivity index (χ4v) is 3.78. The Morgan fingerprint density at radius 3 is 2.53 bits per heavy atom. The standard InChI is InChI=1S/C22H16Cl2N4O.ClH/c1-2-5-14-12-26-20-15(21(14)28-11-10-25-13-28)6-3-9-18(20)27-22(29)19-16(23)7-4-8-17(19)24;/h2-13H,1H3,(H,27,29);1H. The number of para-hydroxylation sites is 1. The largest absolute Gasteiger partial charge is 0.320 e. The van der Waals surface area contributed by atoms with E-state index in [0.717, 1.165) is 16.6 Å². The number of fused-ring (bicyclic) bond motifs is 1. The molecule has 30 heavy (non-hydrogen) atoms. The van der Waals surface area contributed by atoms with Gasteiger partial charge in [-0.3, -0.25) is 9.78 Å². The van der Waals surface area contributed by atoms with Gasteiger partial charge < -0.3 is 9.88 Å². The van der Waals surface area contributed by atoms with E-state index >= 15 is 0 Å². The van der Waals surface area contributed by atoms with E-state index in [2.05, 4.69) is 15.3 Å². The van der Waals surface area contributed by atoms with E-state index in [1.807, 2.05) is 42.0 Å². The van der Waals surface area contributed by atoms with Crippen molar-refractivity contribution in [3.63, 3.8) is 0 Å². The van der Waals surface area contributed by atoms with Crippen LogP contribution in [-0.4, -0.2) is 20.4 Å². The normalized spacial score (nSPS) is 10.9. The van der Waals surface area contributed by atoms with Crippen molar-refractivity contribution in [2.75, 3.05) is 5.32 Å². The summed E-state index contributed by atoms with van der Waals surface area (Å²) in [6, 6.07) is 10.6. The first-order valence-corrected chi connectivity index (χ1v) is 9.64. The fraction of sp³-hybridized carbons (Fsp3) is 0.0455. The number of hydrogen-bond acceptors (Lipinski definition) is 3. The monoisotopic (exact) mass is 458 g/mol. The van der Waals surface area contributed by atoms with Gasteiger partial charge in [-0.2, -0.15) is 0 Å². The van der Waals surface area contributed by atoms with E-state index in [4.69, 9.17) is 23.2 Å². The molecule has 1 N–H and O–H groups in total. The van der Waals surface area contributed by atoms with Gasteiger partial charge in [-0.1, -0.05) is 53.6 Å². The van der Waals surface area contributed by atoms with Crippen LogP contribution in [0.4, 0.5) is 5.69 Å². The van der Waals surface area contributed by atoms with Crippen molar-refractivity contribution in [2.45, 2.75) is 6.92 Å². The number of benzene rings is 2. The molecular formula is C22H17Cl3N4O. The summed E-state index contributed by atoms with van der Waals surface area (Å²) in [6.45, 7) is 1.95. The number of hydrogen-bond donors (Lipinski definition) is 1. The molecule has 0 atom stereocenters. The van der Waals surface area contributed by atoms with Crippen molar-refractivity contribution >= 4 is 64.2 Å². The summed E-state index contributed by atoms with van der Waals surface area (Å²) in [5.41, 5.74) is 3.32. The van der Waals surface area contributed by atoms with Crippen LogP contribution in [0.15, 0.2) is 67.4 Å². The molecular weight excluding hydrogens is 443 g/mol. The second-order valence-electron chi connectivity index (χ2n) is 6.28. The molecule has 0 saturated carbocycles. The smallest absolute Gasteiger partial charge is 0.258 e. The molecule has 5 nitrogen and oxygen atoms in total. The molecule has 2 aromatic heterocycles. The summed E-state index contributed by atoms with van der Waals surface area (Å²) in [6.07, 6.45) is 11.0. The number of halogens is 3. The predicted octanol–water partition coefficient (Wildman–Crippen LogP) is 6.43. The van der Waals surface area contributed by atoms with Crippen LogP contribution < -0.4 is 5.32 Å². The average molecular weight is 460 g/mol. The van der Waals surface area contributed by atoms with Crippen LogP contribution in [0.2, 0.25) is 10.0 Å². The summed E-state index contributed by atoms with van der Waals surface area (Å²) in [7, 11) is 0. The van der Waals surface area contributed by atoms with Crippen LogP contribution >= 0.6 is 35.6 Å². The van der Waals surface area contributed by atoms with Gasteiger partial charge in [0.2, 0.25) is 0 Å². The molecule has 2 aromatic carbocycles. The molecule has 1 amide bonds. The highest BCUT2D eigenvalue weighted by molar-refractivity contribution is 6.40. The molecule has 0 aliphatic rings. The number of imidazole rings is 1. The summed E-state index contributed by atoms with van der Waals surface area (Å²) < 4.78 is 1.93. The number of carbonyl (C=O) groups is 1. The quantitative estimate of drug-likeness (QED) is 0.382. The maximum absolute atomic E-state index is 12.8. The van der Waals surface area contributed by atoms with Crippen LogP contribution in [0.5, 0.6) is 0 Å². The molecule has 0 saturated heterocycles. The third-order valence-electron chi connectivity index (χ3n) is 4.44. The molecule has 0 aliphatic carbocycles. The maximum Gasteiger partial charge on any atom is 0.258 e. The molecule has 0 spiro atoms. The molecule has 0 fully saturated rings. The van der Waals surface area contributed by atoms with Gasteiger partial charge in [-0.05, 0) is 25.1 Å². The van der Waals surface area contributed by atoms with Gasteiger partial charge in [0.25, 0.3) is 5.91 Å². The Morgan fingerprint density at radius 2 is 1.87 bits per heavy atom. The van der Waals surface area contributed by atoms with Gasteiger partial charge in [0.05, 0.1) is 38.8 Å². The number of allylic oxidation sites excluding steroid dienone is 1. The highest BCUT2D eigenvalue weighted by atomic mass is 35.5. The van der Waals surface area contributed by atoms with E-state index in [0.29, 0.717) is 11.2 Å². The van der Waals surface area contributed by atoms with E-state index in [1.165, 1.54) is 0 Å². The number of nitrogens with one attached hydrogen (secondary N) is 1. The first kappa shape index (κ1) is 21.8. The molecule has 0 unspecified atom stereocenters. The number of carbonyl (C=O) groups excluding carboxylic acids is 1. The third kappa shape index (κ3) is 4.05. The number of amides is 1. The summed E-state index contributed by atoms with van der Waals surface area (Å²) in [4.78, 5) is 21.6. The zero-order valence-corrected chi connectivity index (χ0v) is 18.2. The number of nitrogens with zero attached hydrogens (tertiary/aromatic N) is 3. The Balaban J connectivity index is 0.00000256. The fourth-order valence-electron chi connectivity index (χ4n) is 3.21. The summed E-state index contributed by atoms with van der Waals surface area (Å²) in [5, 5.41) is 4.35. The summed E-state index contributed by atoms with van der Waals surface area (Å²) >= 11 is 12.4. The first-order chi connectivity index (χ1) is 14.1. The van der Waals surface area contributed by atoms with Crippen LogP contribution in [0.3, 0.4) is 0 Å². The van der Waals surface area contributed by atoms with Crippen molar-refractivity contribution in [2.24, 2.45) is 0 Å². The highest BCUT2D eigenvalue weighted by Gasteiger charge is 2.17. The minimum atomic E-state index is -0.392. The molecule has 8 heteroatoms. The lowest BCUT2D eigenvalue weighted by atomic mass is 10.1. The third-order valence-corrected chi connectivity index (χ3v) is 5.07. The van der Waals surface area contributed by atoms with E-state index in [1.54, 1.807) is 43.0 Å². The molecule has 4 rings (SSSR count). The molecule has 0 radical (unpaired) electrons. The van der Waals surface area contributed by atoms with Crippen molar-refractivity contribution in [3.8, 4) is 5.69 Å². The van der Waals surface area contributed by atoms with Gasteiger partial charge >= 0.3 is 0 Å². The van der Waals surface area contributed by atoms with Crippen molar-refractivity contribution < 1.29 is 4.79 Å². The van der Waals surface area contributed by atoms with Crippen LogP contribution in [0.1, 0.15) is 22.8 Å². The first-order valence-electron chi connectivity index (χ1n) is 8.88. The number of anilines is 1. The average Bonchev–Trinajstić information content (AvgIpc) is 3.22. The zero-order chi connectivity index (χ0) is 20.4. The topological polar surface area (TPSA) is 59.8 Å². The van der Waals surface area contributed by atoms with E-state index in [9.17, 15) is 4.79 Å². The van der Waals surface area contributed by atoms with Gasteiger partial charge in [0, 0.05) is 29.5 Å². The lowest BCUT2D eigenvalue weighted by Gasteiger charge is -2.14. The van der Waals surface area contributed by atoms with Crippen LogP contribution in [0.25, 0.3) is 22.7 Å². The number of rotatable bonds is 4. The van der Waals surface area contributed by atoms with E-state index in [-0.39, 0.29) is 28.0 Å². The van der Waals surface area contributed by atoms with Crippen molar-refractivity contribution in [1.29, 1.82) is 0 Å². The highest BCUT2D eigenvalue weighted by Crippen LogP contribution is 2.31. The van der Waals surface area contributed by atoms with Crippen molar-refractivity contribution in [3.05, 3.63) is 88.6 Å². The minimum absolute atomic E-state index is 0. The second kappa shape index (κ2) is 9.30. The van der Waals surface area contributed by atoms with Crippen LogP contribution in [-0.2, 0) is 0 Å². The molecule has 0 aliphatic heterocycles. The Hall–Kier alpha value is -2.86. The molecule has 0 bridgehead atoms. The zero-order valence-electron chi connectivity index (χ0n) is 15.8. The second-order valence-corrected chi connectivity index (χ2v) is 7.10. The van der Waals surface area contributed by atoms with Gasteiger partial charge in [0.15, 0.2) is 0 Å². The van der Waals surface area contributed by atoms with Crippen LogP contribution in [0, 0.1) is 0 Å². The molecule has 4 aromatic rings. The Labute approximate surface area is 189 Å². The minimum Gasteiger partial charge on any atom is -0.320 e. The van der Waals surface area contributed by atoms with Crippen molar-refractivity contribution in [1.82, 2.24) is 14.5 Å². The van der Waals surface area contributed by atoms with Gasteiger partial charge in [-0.15, -0.1) is 12.4 Å². The Morgan fingerprint density at radius 1 is 1.13 bits per heavy atom. The number of pyridine rings is 1. The lowest BCUT2D eigenvalue weighted by molar-refractivity contribution is 0.102. The Bertz CT molecular complexity index is 1220.